The molecule has 0 rings (SSSR count). The van der Waals surface area contributed by atoms with E-state index in [1.807, 2.05) is 0 Å². The number of hydrogen-bond donors (Lipinski definition) is 0. The van der Waals surface area contributed by atoms with Gasteiger partial charge in [0.25, 0.3) is 0 Å². The molecule has 74 valence electrons. The normalized spacial score (nSPS) is 15.2. The zero-order valence-electron chi connectivity index (χ0n) is 9.65. The highest BCUT2D eigenvalue weighted by Crippen LogP contribution is 2.32. The molecule has 0 saturated heterocycles. The van der Waals surface area contributed by atoms with Crippen molar-refractivity contribution in [2.24, 2.45) is 5.92 Å². The molecule has 0 fully saturated rings. The van der Waals surface area contributed by atoms with Gasteiger partial charge in [0.05, 0.1) is 0 Å². The van der Waals surface area contributed by atoms with Gasteiger partial charge in [0, 0.05) is 5.54 Å². The fourth-order valence-electron chi connectivity index (χ4n) is 2.40. The van der Waals surface area contributed by atoms with Gasteiger partial charge in [-0.3, -0.25) is 0 Å². The summed E-state index contributed by atoms with van der Waals surface area (Å²) in [5.74, 6) is 0.794. The van der Waals surface area contributed by atoms with Crippen molar-refractivity contribution in [1.82, 2.24) is 4.90 Å². The van der Waals surface area contributed by atoms with E-state index in [0.717, 1.165) is 5.92 Å². The topological polar surface area (TPSA) is 3.24 Å². The molecule has 1 atom stereocenters. The van der Waals surface area contributed by atoms with Crippen LogP contribution in [0.15, 0.2) is 0 Å². The van der Waals surface area contributed by atoms with Crippen molar-refractivity contribution in [1.29, 1.82) is 0 Å². The van der Waals surface area contributed by atoms with E-state index in [1.54, 1.807) is 0 Å². The van der Waals surface area contributed by atoms with Gasteiger partial charge in [-0.2, -0.15) is 0 Å². The fraction of sp³-hybridized carbons (Fsp3) is 1.00. The second-order valence-corrected chi connectivity index (χ2v) is 4.01. The monoisotopic (exact) mass is 171 g/mol. The molecule has 0 amide bonds. The van der Waals surface area contributed by atoms with Crippen LogP contribution in [-0.4, -0.2) is 24.5 Å². The minimum absolute atomic E-state index is 0.425. The first-order chi connectivity index (χ1) is 5.55. The summed E-state index contributed by atoms with van der Waals surface area (Å²) in [6.07, 6.45) is 3.79. The lowest BCUT2D eigenvalue weighted by molar-refractivity contribution is 0.0738. The van der Waals surface area contributed by atoms with Gasteiger partial charge in [0.1, 0.15) is 0 Å². The Labute approximate surface area is 78.1 Å². The zero-order valence-corrected chi connectivity index (χ0v) is 9.65. The summed E-state index contributed by atoms with van der Waals surface area (Å²) in [6.45, 7) is 9.26. The summed E-state index contributed by atoms with van der Waals surface area (Å²) in [6, 6.07) is 0. The fourth-order valence-corrected chi connectivity index (χ4v) is 2.40. The minimum Gasteiger partial charge on any atom is -0.303 e. The molecule has 0 radical (unpaired) electrons. The van der Waals surface area contributed by atoms with E-state index < -0.39 is 0 Å². The molecule has 0 saturated carbocycles. The van der Waals surface area contributed by atoms with Crippen LogP contribution in [0.2, 0.25) is 0 Å². The summed E-state index contributed by atoms with van der Waals surface area (Å²) < 4.78 is 0. The van der Waals surface area contributed by atoms with E-state index in [2.05, 4.69) is 46.7 Å². The quantitative estimate of drug-likeness (QED) is 0.614. The Morgan fingerprint density at radius 2 is 1.50 bits per heavy atom. The summed E-state index contributed by atoms with van der Waals surface area (Å²) in [4.78, 5) is 2.40. The Morgan fingerprint density at radius 1 is 1.08 bits per heavy atom. The summed E-state index contributed by atoms with van der Waals surface area (Å²) in [7, 11) is 4.42. The lowest BCUT2D eigenvalue weighted by atomic mass is 9.78. The Bertz CT molecular complexity index is 114. The van der Waals surface area contributed by atoms with Crippen LogP contribution in [0.1, 0.15) is 47.0 Å². The van der Waals surface area contributed by atoms with Gasteiger partial charge < -0.3 is 4.90 Å². The minimum atomic E-state index is 0.425. The van der Waals surface area contributed by atoms with Crippen LogP contribution in [0, 0.1) is 5.92 Å². The van der Waals surface area contributed by atoms with Crippen molar-refractivity contribution < 1.29 is 0 Å². The van der Waals surface area contributed by atoms with E-state index in [9.17, 15) is 0 Å². The molecule has 12 heavy (non-hydrogen) atoms. The van der Waals surface area contributed by atoms with Crippen molar-refractivity contribution in [2.75, 3.05) is 14.1 Å². The Kier molecular flexibility index (Phi) is 4.84. The van der Waals surface area contributed by atoms with Crippen molar-refractivity contribution in [3.63, 3.8) is 0 Å². The van der Waals surface area contributed by atoms with Gasteiger partial charge in [-0.1, -0.05) is 34.1 Å². The summed E-state index contributed by atoms with van der Waals surface area (Å²) in [5.41, 5.74) is 0.425. The zero-order chi connectivity index (χ0) is 9.78. The molecule has 0 aliphatic carbocycles. The molecular weight excluding hydrogens is 146 g/mol. The van der Waals surface area contributed by atoms with E-state index >= 15 is 0 Å². The van der Waals surface area contributed by atoms with Crippen LogP contribution in [0.4, 0.5) is 0 Å². The lowest BCUT2D eigenvalue weighted by Gasteiger charge is -2.43. The Morgan fingerprint density at radius 3 is 1.58 bits per heavy atom. The van der Waals surface area contributed by atoms with Gasteiger partial charge in [0.2, 0.25) is 0 Å². The van der Waals surface area contributed by atoms with Crippen LogP contribution in [0.25, 0.3) is 0 Å². The van der Waals surface area contributed by atoms with Gasteiger partial charge in [0.15, 0.2) is 0 Å². The third-order valence-corrected chi connectivity index (χ3v) is 3.64. The van der Waals surface area contributed by atoms with Gasteiger partial charge in [-0.25, -0.2) is 0 Å². The van der Waals surface area contributed by atoms with E-state index in [1.165, 1.54) is 19.3 Å². The molecule has 0 N–H and O–H groups in total. The maximum absolute atomic E-state index is 2.40. The second-order valence-electron chi connectivity index (χ2n) is 4.01. The predicted molar refractivity (Wildman–Crippen MR) is 56.5 cm³/mol. The Hall–Kier alpha value is -0.0400. The van der Waals surface area contributed by atoms with Gasteiger partial charge >= 0.3 is 0 Å². The van der Waals surface area contributed by atoms with Crippen LogP contribution in [-0.2, 0) is 0 Å². The van der Waals surface area contributed by atoms with Crippen LogP contribution < -0.4 is 0 Å². The maximum atomic E-state index is 2.40. The van der Waals surface area contributed by atoms with Crippen LogP contribution in [0.3, 0.4) is 0 Å². The third kappa shape index (κ3) is 2.01. The highest BCUT2D eigenvalue weighted by atomic mass is 15.1. The van der Waals surface area contributed by atoms with Crippen molar-refractivity contribution >= 4 is 0 Å². The number of hydrogen-bond acceptors (Lipinski definition) is 1. The van der Waals surface area contributed by atoms with E-state index in [-0.39, 0.29) is 0 Å². The summed E-state index contributed by atoms with van der Waals surface area (Å²) >= 11 is 0. The number of rotatable bonds is 5. The average molecular weight is 171 g/mol. The van der Waals surface area contributed by atoms with Gasteiger partial charge in [-0.15, -0.1) is 0 Å². The molecule has 1 heteroatoms. The second kappa shape index (κ2) is 4.86. The number of nitrogens with zero attached hydrogens (tertiary/aromatic N) is 1. The molecule has 1 nitrogen and oxygen atoms in total. The highest BCUT2D eigenvalue weighted by molar-refractivity contribution is 4.89. The molecule has 0 aromatic heterocycles. The first-order valence-electron chi connectivity index (χ1n) is 5.22. The summed E-state index contributed by atoms with van der Waals surface area (Å²) in [5, 5.41) is 0. The third-order valence-electron chi connectivity index (χ3n) is 3.64. The predicted octanol–water partition coefficient (Wildman–Crippen LogP) is 3.15. The molecule has 0 bridgehead atoms. The van der Waals surface area contributed by atoms with Crippen LogP contribution in [0.5, 0.6) is 0 Å². The van der Waals surface area contributed by atoms with Crippen molar-refractivity contribution in [3.05, 3.63) is 0 Å². The van der Waals surface area contributed by atoms with E-state index in [0.29, 0.717) is 5.54 Å². The molecule has 0 spiro atoms. The molecular formula is C11H25N. The smallest absolute Gasteiger partial charge is 0.0223 e. The first kappa shape index (κ1) is 12.0. The maximum Gasteiger partial charge on any atom is 0.0223 e. The van der Waals surface area contributed by atoms with Crippen molar-refractivity contribution in [2.45, 2.75) is 52.5 Å². The molecule has 0 heterocycles. The van der Waals surface area contributed by atoms with Gasteiger partial charge in [-0.05, 0) is 32.9 Å². The SMILES string of the molecule is CC[C@@H](C)C(CC)(CC)N(C)C. The molecule has 0 aromatic rings. The lowest BCUT2D eigenvalue weighted by Crippen LogP contribution is -2.48. The highest BCUT2D eigenvalue weighted by Gasteiger charge is 2.33. The molecule has 0 aliphatic rings. The van der Waals surface area contributed by atoms with Crippen LogP contribution >= 0.6 is 0 Å². The Balaban J connectivity index is 4.56. The molecule has 0 aliphatic heterocycles. The average Bonchev–Trinajstić information content (AvgIpc) is 2.06. The van der Waals surface area contributed by atoms with E-state index in [4.69, 9.17) is 0 Å². The first-order valence-corrected chi connectivity index (χ1v) is 5.22. The van der Waals surface area contributed by atoms with Crippen molar-refractivity contribution in [3.8, 4) is 0 Å². The largest absolute Gasteiger partial charge is 0.303 e. The molecule has 0 unspecified atom stereocenters. The standard InChI is InChI=1S/C11H25N/c1-7-10(4)11(8-2,9-3)12(5)6/h10H,7-9H2,1-6H3/t10-/m1/s1. The molecule has 0 aromatic carbocycles.